The number of rotatable bonds is 5. The molecule has 1 aromatic carbocycles. The van der Waals surface area contributed by atoms with Gasteiger partial charge < -0.3 is 9.64 Å². The average molecular weight is 404 g/mol. The molecule has 154 valence electrons. The number of nitrogens with one attached hydrogen (secondary N) is 1. The molecule has 0 saturated carbocycles. The first-order chi connectivity index (χ1) is 14.6. The quantitative estimate of drug-likeness (QED) is 0.698. The first-order valence-electron chi connectivity index (χ1n) is 9.94. The number of ether oxygens (including phenoxy) is 1. The Morgan fingerprint density at radius 3 is 2.57 bits per heavy atom. The maximum atomic E-state index is 12.6. The van der Waals surface area contributed by atoms with Crippen molar-refractivity contribution in [3.05, 3.63) is 54.6 Å². The van der Waals surface area contributed by atoms with E-state index in [0.717, 1.165) is 54.4 Å². The molecule has 1 saturated heterocycles. The molecule has 0 aliphatic carbocycles. The van der Waals surface area contributed by atoms with Gasteiger partial charge >= 0.3 is 0 Å². The predicted molar refractivity (Wildman–Crippen MR) is 114 cm³/mol. The molecule has 0 atom stereocenters. The lowest BCUT2D eigenvalue weighted by Crippen LogP contribution is -2.38. The highest BCUT2D eigenvalue weighted by atomic mass is 16.5. The van der Waals surface area contributed by atoms with Gasteiger partial charge in [0.25, 0.3) is 0 Å². The molecule has 0 spiro atoms. The van der Waals surface area contributed by atoms with Crippen molar-refractivity contribution in [3.8, 4) is 17.0 Å². The van der Waals surface area contributed by atoms with Gasteiger partial charge in [0.2, 0.25) is 11.9 Å². The van der Waals surface area contributed by atoms with Gasteiger partial charge in [-0.15, -0.1) is 0 Å². The molecule has 0 unspecified atom stereocenters. The first-order valence-corrected chi connectivity index (χ1v) is 9.94. The summed E-state index contributed by atoms with van der Waals surface area (Å²) >= 11 is 0. The molecular weight excluding hydrogens is 380 g/mol. The van der Waals surface area contributed by atoms with Gasteiger partial charge in [0.15, 0.2) is 0 Å². The molecule has 1 fully saturated rings. The zero-order chi connectivity index (χ0) is 20.9. The van der Waals surface area contributed by atoms with Crippen molar-refractivity contribution in [2.24, 2.45) is 5.92 Å². The molecule has 8 heteroatoms. The molecule has 4 rings (SSSR count). The SMILES string of the molecule is COc1ccc(-c2cc(N3CCC(C(=O)Nc4nccc(C)n4)CC3)ncn2)cc1. The summed E-state index contributed by atoms with van der Waals surface area (Å²) in [5, 5.41) is 2.83. The van der Waals surface area contributed by atoms with Gasteiger partial charge in [-0.1, -0.05) is 0 Å². The van der Waals surface area contributed by atoms with Crippen LogP contribution in [0.25, 0.3) is 11.3 Å². The molecule has 0 bridgehead atoms. The van der Waals surface area contributed by atoms with E-state index in [0.29, 0.717) is 5.95 Å². The highest BCUT2D eigenvalue weighted by Gasteiger charge is 2.26. The lowest BCUT2D eigenvalue weighted by Gasteiger charge is -2.32. The third-order valence-corrected chi connectivity index (χ3v) is 5.26. The van der Waals surface area contributed by atoms with Crippen LogP contribution >= 0.6 is 0 Å². The third-order valence-electron chi connectivity index (χ3n) is 5.26. The van der Waals surface area contributed by atoms with E-state index in [9.17, 15) is 4.79 Å². The average Bonchev–Trinajstić information content (AvgIpc) is 2.79. The highest BCUT2D eigenvalue weighted by molar-refractivity contribution is 5.91. The Labute approximate surface area is 175 Å². The van der Waals surface area contributed by atoms with Crippen LogP contribution in [0.5, 0.6) is 5.75 Å². The highest BCUT2D eigenvalue weighted by Crippen LogP contribution is 2.26. The van der Waals surface area contributed by atoms with Crippen molar-refractivity contribution in [2.75, 3.05) is 30.4 Å². The standard InChI is InChI=1S/C22H24N6O2/c1-15-7-10-23-22(26-15)27-21(29)17-8-11-28(12-9-17)20-13-19(24-14-25-20)16-3-5-18(30-2)6-4-16/h3-7,10,13-14,17H,8-9,11-12H2,1-2H3,(H,23,26,27,29). The maximum Gasteiger partial charge on any atom is 0.229 e. The van der Waals surface area contributed by atoms with Crippen LogP contribution in [0.4, 0.5) is 11.8 Å². The molecule has 3 heterocycles. The van der Waals surface area contributed by atoms with Crippen LogP contribution in [-0.2, 0) is 4.79 Å². The van der Waals surface area contributed by atoms with Gasteiger partial charge in [0.05, 0.1) is 12.8 Å². The Kier molecular flexibility index (Phi) is 5.83. The van der Waals surface area contributed by atoms with Gasteiger partial charge in [0.1, 0.15) is 17.9 Å². The Balaban J connectivity index is 1.38. The summed E-state index contributed by atoms with van der Waals surface area (Å²) in [6, 6.07) is 11.6. The molecule has 1 N–H and O–H groups in total. The molecular formula is C22H24N6O2. The molecule has 2 aromatic heterocycles. The second-order valence-electron chi connectivity index (χ2n) is 7.26. The van der Waals surface area contributed by atoms with Crippen molar-refractivity contribution < 1.29 is 9.53 Å². The van der Waals surface area contributed by atoms with E-state index in [1.54, 1.807) is 25.7 Å². The number of carbonyl (C=O) groups excluding carboxylic acids is 1. The lowest BCUT2D eigenvalue weighted by atomic mass is 9.96. The van der Waals surface area contributed by atoms with E-state index in [2.05, 4.69) is 30.2 Å². The number of aromatic nitrogens is 4. The van der Waals surface area contributed by atoms with Crippen molar-refractivity contribution >= 4 is 17.7 Å². The van der Waals surface area contributed by atoms with E-state index in [-0.39, 0.29) is 11.8 Å². The zero-order valence-corrected chi connectivity index (χ0v) is 17.1. The Morgan fingerprint density at radius 1 is 1.10 bits per heavy atom. The van der Waals surface area contributed by atoms with Crippen molar-refractivity contribution in [3.63, 3.8) is 0 Å². The number of anilines is 2. The number of carbonyl (C=O) groups is 1. The zero-order valence-electron chi connectivity index (χ0n) is 17.1. The number of aryl methyl sites for hydroxylation is 1. The fraction of sp³-hybridized carbons (Fsp3) is 0.318. The number of piperidine rings is 1. The minimum Gasteiger partial charge on any atom is -0.497 e. The molecule has 8 nitrogen and oxygen atoms in total. The second kappa shape index (κ2) is 8.86. The molecule has 3 aromatic rings. The van der Waals surface area contributed by atoms with Crippen molar-refractivity contribution in [1.82, 2.24) is 19.9 Å². The molecule has 1 aliphatic heterocycles. The Bertz CT molecular complexity index is 1020. The lowest BCUT2D eigenvalue weighted by molar-refractivity contribution is -0.120. The van der Waals surface area contributed by atoms with Crippen LogP contribution in [0.1, 0.15) is 18.5 Å². The van der Waals surface area contributed by atoms with E-state index in [1.165, 1.54) is 0 Å². The van der Waals surface area contributed by atoms with E-state index in [4.69, 9.17) is 4.74 Å². The number of hydrogen-bond acceptors (Lipinski definition) is 7. The largest absolute Gasteiger partial charge is 0.497 e. The number of nitrogens with zero attached hydrogens (tertiary/aromatic N) is 5. The molecule has 30 heavy (non-hydrogen) atoms. The van der Waals surface area contributed by atoms with Gasteiger partial charge in [-0.3, -0.25) is 10.1 Å². The number of methoxy groups -OCH3 is 1. The summed E-state index contributed by atoms with van der Waals surface area (Å²) in [4.78, 5) is 32.0. The number of hydrogen-bond donors (Lipinski definition) is 1. The van der Waals surface area contributed by atoms with Gasteiger partial charge in [-0.25, -0.2) is 19.9 Å². The smallest absolute Gasteiger partial charge is 0.229 e. The third kappa shape index (κ3) is 4.53. The minimum absolute atomic E-state index is 0.0261. The van der Waals surface area contributed by atoms with Crippen molar-refractivity contribution in [2.45, 2.75) is 19.8 Å². The predicted octanol–water partition coefficient (Wildman–Crippen LogP) is 3.11. The number of benzene rings is 1. The van der Waals surface area contributed by atoms with E-state index >= 15 is 0 Å². The van der Waals surface area contributed by atoms with Crippen molar-refractivity contribution in [1.29, 1.82) is 0 Å². The van der Waals surface area contributed by atoms with Crippen LogP contribution in [0, 0.1) is 12.8 Å². The summed E-state index contributed by atoms with van der Waals surface area (Å²) < 4.78 is 5.22. The summed E-state index contributed by atoms with van der Waals surface area (Å²) in [6.45, 7) is 3.38. The second-order valence-corrected chi connectivity index (χ2v) is 7.26. The summed E-state index contributed by atoms with van der Waals surface area (Å²) in [7, 11) is 1.65. The fourth-order valence-electron chi connectivity index (χ4n) is 3.53. The van der Waals surface area contributed by atoms with Crippen LogP contribution in [-0.4, -0.2) is 46.0 Å². The maximum absolute atomic E-state index is 12.6. The minimum atomic E-state index is -0.0618. The molecule has 1 amide bonds. The Hall–Kier alpha value is -3.55. The summed E-state index contributed by atoms with van der Waals surface area (Å²) in [6.07, 6.45) is 4.73. The topological polar surface area (TPSA) is 93.1 Å². The van der Waals surface area contributed by atoms with E-state index < -0.39 is 0 Å². The molecule has 0 radical (unpaired) electrons. The normalized spacial score (nSPS) is 14.4. The molecule has 1 aliphatic rings. The summed E-state index contributed by atoms with van der Waals surface area (Å²) in [5.41, 5.74) is 2.69. The van der Waals surface area contributed by atoms with Crippen LogP contribution in [0.15, 0.2) is 48.9 Å². The van der Waals surface area contributed by atoms with Gasteiger partial charge in [-0.2, -0.15) is 0 Å². The summed E-state index contributed by atoms with van der Waals surface area (Å²) in [5.74, 6) is 1.96. The monoisotopic (exact) mass is 404 g/mol. The number of amides is 1. The van der Waals surface area contributed by atoms with Crippen LogP contribution in [0.2, 0.25) is 0 Å². The fourth-order valence-corrected chi connectivity index (χ4v) is 3.53. The Morgan fingerprint density at radius 2 is 1.87 bits per heavy atom. The van der Waals surface area contributed by atoms with E-state index in [1.807, 2.05) is 37.3 Å². The van der Waals surface area contributed by atoms with Gasteiger partial charge in [-0.05, 0) is 50.1 Å². The van der Waals surface area contributed by atoms with Crippen LogP contribution < -0.4 is 15.0 Å². The van der Waals surface area contributed by atoms with Crippen LogP contribution in [0.3, 0.4) is 0 Å². The van der Waals surface area contributed by atoms with Gasteiger partial charge in [0, 0.05) is 42.5 Å². The first kappa shape index (κ1) is 19.8.